The van der Waals surface area contributed by atoms with Crippen molar-refractivity contribution in [1.82, 2.24) is 20.6 Å². The summed E-state index contributed by atoms with van der Waals surface area (Å²) in [5.41, 5.74) is 1.04. The number of methoxy groups -OCH3 is 1. The maximum Gasteiger partial charge on any atom is 0.315 e. The second-order valence-electron chi connectivity index (χ2n) is 6.41. The maximum atomic E-state index is 12.0. The van der Waals surface area contributed by atoms with Gasteiger partial charge in [-0.3, -0.25) is 4.98 Å². The number of carbonyl (C=O) groups is 1. The van der Waals surface area contributed by atoms with Crippen LogP contribution in [0.3, 0.4) is 0 Å². The number of amides is 2. The van der Waals surface area contributed by atoms with Gasteiger partial charge < -0.3 is 20.3 Å². The minimum Gasteiger partial charge on any atom is -0.497 e. The number of urea groups is 1. The van der Waals surface area contributed by atoms with E-state index in [9.17, 15) is 4.79 Å². The Hall–Kier alpha value is -2.83. The number of nitrogens with one attached hydrogen (secondary N) is 2. The van der Waals surface area contributed by atoms with Crippen molar-refractivity contribution in [3.63, 3.8) is 0 Å². The Morgan fingerprint density at radius 3 is 2.62 bits per heavy atom. The molecule has 2 N–H and O–H groups in total. The SMILES string of the molecule is COc1ccc(CNC(=O)NCC2CCN(c3cnccn3)CC2)cc1. The minimum absolute atomic E-state index is 0.128. The van der Waals surface area contributed by atoms with Gasteiger partial charge in [0.25, 0.3) is 0 Å². The smallest absolute Gasteiger partial charge is 0.315 e. The summed E-state index contributed by atoms with van der Waals surface area (Å²) in [4.78, 5) is 22.7. The Balaban J connectivity index is 1.34. The minimum atomic E-state index is -0.128. The summed E-state index contributed by atoms with van der Waals surface area (Å²) >= 11 is 0. The summed E-state index contributed by atoms with van der Waals surface area (Å²) in [6, 6.07) is 7.54. The van der Waals surface area contributed by atoms with Crippen LogP contribution >= 0.6 is 0 Å². The first-order chi connectivity index (χ1) is 12.7. The highest BCUT2D eigenvalue weighted by atomic mass is 16.5. The molecule has 0 aliphatic carbocycles. The van der Waals surface area contributed by atoms with Gasteiger partial charge in [-0.2, -0.15) is 0 Å². The molecular formula is C19H25N5O2. The predicted molar refractivity (Wildman–Crippen MR) is 100 cm³/mol. The molecule has 0 atom stereocenters. The fourth-order valence-corrected chi connectivity index (χ4v) is 3.05. The van der Waals surface area contributed by atoms with E-state index in [1.54, 1.807) is 25.7 Å². The number of carbonyl (C=O) groups excluding carboxylic acids is 1. The summed E-state index contributed by atoms with van der Waals surface area (Å²) in [5, 5.41) is 5.87. The third kappa shape index (κ3) is 5.08. The molecule has 138 valence electrons. The average Bonchev–Trinajstić information content (AvgIpc) is 2.72. The fraction of sp³-hybridized carbons (Fsp3) is 0.421. The molecule has 2 amide bonds. The van der Waals surface area contributed by atoms with Crippen LogP contribution in [-0.4, -0.2) is 42.7 Å². The first-order valence-electron chi connectivity index (χ1n) is 8.90. The van der Waals surface area contributed by atoms with Crippen molar-refractivity contribution in [2.24, 2.45) is 5.92 Å². The largest absolute Gasteiger partial charge is 0.497 e. The lowest BCUT2D eigenvalue weighted by molar-refractivity contribution is 0.237. The molecule has 1 saturated heterocycles. The Kier molecular flexibility index (Phi) is 6.24. The third-order valence-electron chi connectivity index (χ3n) is 4.65. The molecule has 2 aromatic rings. The van der Waals surface area contributed by atoms with E-state index < -0.39 is 0 Å². The topological polar surface area (TPSA) is 79.4 Å². The lowest BCUT2D eigenvalue weighted by atomic mass is 9.97. The Morgan fingerprint density at radius 2 is 1.96 bits per heavy atom. The monoisotopic (exact) mass is 355 g/mol. The fourth-order valence-electron chi connectivity index (χ4n) is 3.05. The molecule has 1 aliphatic heterocycles. The lowest BCUT2D eigenvalue weighted by Gasteiger charge is -2.32. The van der Waals surface area contributed by atoms with E-state index in [1.165, 1.54) is 0 Å². The number of nitrogens with zero attached hydrogens (tertiary/aromatic N) is 3. The summed E-state index contributed by atoms with van der Waals surface area (Å²) in [6.45, 7) is 3.08. The first-order valence-corrected chi connectivity index (χ1v) is 8.90. The number of hydrogen-bond donors (Lipinski definition) is 2. The molecule has 1 aromatic heterocycles. The maximum absolute atomic E-state index is 12.0. The van der Waals surface area contributed by atoms with Crippen LogP contribution in [0, 0.1) is 5.92 Å². The highest BCUT2D eigenvalue weighted by Crippen LogP contribution is 2.20. The van der Waals surface area contributed by atoms with Gasteiger partial charge in [0.05, 0.1) is 13.3 Å². The van der Waals surface area contributed by atoms with Crippen LogP contribution in [0.25, 0.3) is 0 Å². The van der Waals surface area contributed by atoms with Gasteiger partial charge in [-0.1, -0.05) is 12.1 Å². The molecule has 0 bridgehead atoms. The zero-order valence-electron chi connectivity index (χ0n) is 15.0. The first kappa shape index (κ1) is 18.0. The van der Waals surface area contributed by atoms with Crippen molar-refractivity contribution in [3.05, 3.63) is 48.4 Å². The van der Waals surface area contributed by atoms with Crippen LogP contribution in [0.15, 0.2) is 42.9 Å². The second kappa shape index (κ2) is 9.03. The molecule has 0 unspecified atom stereocenters. The molecule has 3 rings (SSSR count). The van der Waals surface area contributed by atoms with Crippen LogP contribution in [-0.2, 0) is 6.54 Å². The van der Waals surface area contributed by atoms with Gasteiger partial charge in [-0.25, -0.2) is 9.78 Å². The number of benzene rings is 1. The molecule has 7 heteroatoms. The standard InChI is InChI=1S/C19H25N5O2/c1-26-17-4-2-15(3-5-17)12-22-19(25)23-13-16-6-10-24(11-7-16)18-14-20-8-9-21-18/h2-5,8-9,14,16H,6-7,10-13H2,1H3,(H2,22,23,25). The van der Waals surface area contributed by atoms with Crippen molar-refractivity contribution < 1.29 is 9.53 Å². The summed E-state index contributed by atoms with van der Waals surface area (Å²) in [5.74, 6) is 2.23. The van der Waals surface area contributed by atoms with Crippen LogP contribution < -0.4 is 20.3 Å². The van der Waals surface area contributed by atoms with Crippen LogP contribution in [0.1, 0.15) is 18.4 Å². The number of hydrogen-bond acceptors (Lipinski definition) is 5. The number of rotatable bonds is 6. The summed E-state index contributed by atoms with van der Waals surface area (Å²) < 4.78 is 5.13. The van der Waals surface area contributed by atoms with Crippen molar-refractivity contribution in [2.75, 3.05) is 31.6 Å². The van der Waals surface area contributed by atoms with Crippen molar-refractivity contribution in [1.29, 1.82) is 0 Å². The molecule has 26 heavy (non-hydrogen) atoms. The summed E-state index contributed by atoms with van der Waals surface area (Å²) in [7, 11) is 1.64. The van der Waals surface area contributed by atoms with E-state index in [-0.39, 0.29) is 6.03 Å². The average molecular weight is 355 g/mol. The van der Waals surface area contributed by atoms with E-state index in [0.717, 1.165) is 43.1 Å². The van der Waals surface area contributed by atoms with E-state index in [4.69, 9.17) is 4.74 Å². The Labute approximate surface area is 153 Å². The van der Waals surface area contributed by atoms with Gasteiger partial charge >= 0.3 is 6.03 Å². The number of aromatic nitrogens is 2. The highest BCUT2D eigenvalue weighted by molar-refractivity contribution is 5.73. The van der Waals surface area contributed by atoms with Crippen LogP contribution in [0.5, 0.6) is 5.75 Å². The molecular weight excluding hydrogens is 330 g/mol. The zero-order chi connectivity index (χ0) is 18.2. The normalized spacial score (nSPS) is 14.7. The van der Waals surface area contributed by atoms with Gasteiger partial charge in [-0.15, -0.1) is 0 Å². The number of piperidine rings is 1. The number of ether oxygens (including phenoxy) is 1. The van der Waals surface area contributed by atoms with Gasteiger partial charge in [0.15, 0.2) is 0 Å². The zero-order valence-corrected chi connectivity index (χ0v) is 15.0. The highest BCUT2D eigenvalue weighted by Gasteiger charge is 2.20. The van der Waals surface area contributed by atoms with Crippen molar-refractivity contribution >= 4 is 11.8 Å². The second-order valence-corrected chi connectivity index (χ2v) is 6.41. The van der Waals surface area contributed by atoms with Crippen LogP contribution in [0.4, 0.5) is 10.6 Å². The summed E-state index contributed by atoms with van der Waals surface area (Å²) in [6.07, 6.45) is 7.27. The van der Waals surface area contributed by atoms with Crippen LogP contribution in [0.2, 0.25) is 0 Å². The van der Waals surface area contributed by atoms with E-state index in [1.807, 2.05) is 24.3 Å². The molecule has 0 saturated carbocycles. The van der Waals surface area contributed by atoms with Crippen molar-refractivity contribution in [2.45, 2.75) is 19.4 Å². The van der Waals surface area contributed by atoms with E-state index in [0.29, 0.717) is 19.0 Å². The molecule has 1 aromatic carbocycles. The van der Waals surface area contributed by atoms with E-state index >= 15 is 0 Å². The molecule has 0 spiro atoms. The van der Waals surface area contributed by atoms with Crippen molar-refractivity contribution in [3.8, 4) is 5.75 Å². The quantitative estimate of drug-likeness (QED) is 0.830. The van der Waals surface area contributed by atoms with Gasteiger partial charge in [-0.05, 0) is 36.5 Å². The molecule has 0 radical (unpaired) electrons. The van der Waals surface area contributed by atoms with E-state index in [2.05, 4.69) is 25.5 Å². The van der Waals surface area contributed by atoms with Gasteiger partial charge in [0, 0.05) is 38.6 Å². The predicted octanol–water partition coefficient (Wildman–Crippen LogP) is 2.20. The molecule has 1 aliphatic rings. The van der Waals surface area contributed by atoms with Gasteiger partial charge in [0.2, 0.25) is 0 Å². The molecule has 2 heterocycles. The number of anilines is 1. The van der Waals surface area contributed by atoms with Gasteiger partial charge in [0.1, 0.15) is 11.6 Å². The third-order valence-corrected chi connectivity index (χ3v) is 4.65. The molecule has 1 fully saturated rings. The lowest BCUT2D eigenvalue weighted by Crippen LogP contribution is -2.42. The Morgan fingerprint density at radius 1 is 1.19 bits per heavy atom. The molecule has 7 nitrogen and oxygen atoms in total. The Bertz CT molecular complexity index is 685.